The third-order valence-electron chi connectivity index (χ3n) is 5.77. The van der Waals surface area contributed by atoms with Gasteiger partial charge in [0, 0.05) is 17.4 Å². The van der Waals surface area contributed by atoms with Gasteiger partial charge in [0.15, 0.2) is 11.5 Å². The number of benzene rings is 2. The molecule has 0 saturated carbocycles. The largest absolute Gasteiger partial charge is 0.507 e. The lowest BCUT2D eigenvalue weighted by Crippen LogP contribution is -2.30. The second-order valence-corrected chi connectivity index (χ2v) is 8.50. The van der Waals surface area contributed by atoms with Crippen LogP contribution in [0.3, 0.4) is 0 Å². The van der Waals surface area contributed by atoms with Crippen molar-refractivity contribution in [3.63, 3.8) is 0 Å². The summed E-state index contributed by atoms with van der Waals surface area (Å²) >= 11 is 0. The molecule has 0 spiro atoms. The Labute approximate surface area is 213 Å². The second-order valence-electron chi connectivity index (χ2n) is 8.50. The minimum absolute atomic E-state index is 0.147. The quantitative estimate of drug-likeness (QED) is 0.220. The second kappa shape index (κ2) is 10.5. The molecule has 0 radical (unpaired) electrons. The molecular formula is C28H26N2O7. The standard InChI is InChI=1S/C28H26N2O7/c1-16(2)37-28(34)18-8-7-9-19(14-18)30-24(20-10-5-6-13-29-20)23(26(32)27(30)33)25(31)17-11-12-21(35-3)22(15-17)36-4/h5-16,24,31H,1-4H3/b25-23+. The number of aliphatic hydroxyl groups excluding tert-OH is 1. The number of esters is 1. The molecule has 1 unspecified atom stereocenters. The molecule has 9 nitrogen and oxygen atoms in total. The van der Waals surface area contributed by atoms with E-state index in [0.717, 1.165) is 0 Å². The molecule has 1 atom stereocenters. The van der Waals surface area contributed by atoms with Gasteiger partial charge in [0.1, 0.15) is 11.8 Å². The fourth-order valence-corrected chi connectivity index (χ4v) is 4.12. The maximum absolute atomic E-state index is 13.4. The van der Waals surface area contributed by atoms with Crippen molar-refractivity contribution in [2.45, 2.75) is 26.0 Å². The topological polar surface area (TPSA) is 115 Å². The van der Waals surface area contributed by atoms with E-state index in [4.69, 9.17) is 14.2 Å². The van der Waals surface area contributed by atoms with Crippen molar-refractivity contribution in [3.8, 4) is 11.5 Å². The first-order valence-electron chi connectivity index (χ1n) is 11.5. The molecule has 1 amide bonds. The lowest BCUT2D eigenvalue weighted by atomic mass is 9.98. The number of methoxy groups -OCH3 is 2. The van der Waals surface area contributed by atoms with Crippen LogP contribution in [0, 0.1) is 0 Å². The van der Waals surface area contributed by atoms with Gasteiger partial charge in [0.2, 0.25) is 0 Å². The van der Waals surface area contributed by atoms with Crippen molar-refractivity contribution in [1.82, 2.24) is 4.98 Å². The summed E-state index contributed by atoms with van der Waals surface area (Å²) in [7, 11) is 2.93. The zero-order chi connectivity index (χ0) is 26.7. The first-order valence-corrected chi connectivity index (χ1v) is 11.5. The number of ether oxygens (including phenoxy) is 3. The fraction of sp³-hybridized carbons (Fsp3) is 0.214. The Morgan fingerprint density at radius 2 is 1.70 bits per heavy atom. The number of rotatable bonds is 7. The van der Waals surface area contributed by atoms with Gasteiger partial charge in [0.25, 0.3) is 11.7 Å². The Kier molecular flexibility index (Phi) is 7.24. The number of aliphatic hydroxyl groups is 1. The van der Waals surface area contributed by atoms with Crippen LogP contribution in [0.5, 0.6) is 11.5 Å². The molecule has 1 fully saturated rings. The third kappa shape index (κ3) is 4.88. The predicted octanol–water partition coefficient (Wildman–Crippen LogP) is 4.29. The van der Waals surface area contributed by atoms with Gasteiger partial charge in [-0.05, 0) is 62.4 Å². The van der Waals surface area contributed by atoms with E-state index >= 15 is 0 Å². The van der Waals surface area contributed by atoms with Gasteiger partial charge < -0.3 is 19.3 Å². The van der Waals surface area contributed by atoms with Crippen LogP contribution >= 0.6 is 0 Å². The number of anilines is 1. The third-order valence-corrected chi connectivity index (χ3v) is 5.77. The Morgan fingerprint density at radius 3 is 2.35 bits per heavy atom. The normalized spacial score (nSPS) is 16.7. The van der Waals surface area contributed by atoms with Crippen molar-refractivity contribution in [1.29, 1.82) is 0 Å². The lowest BCUT2D eigenvalue weighted by Gasteiger charge is -2.25. The Balaban J connectivity index is 1.88. The highest BCUT2D eigenvalue weighted by Crippen LogP contribution is 2.42. The molecule has 1 aliphatic heterocycles. The van der Waals surface area contributed by atoms with Gasteiger partial charge in [-0.25, -0.2) is 4.79 Å². The molecule has 1 N–H and O–H groups in total. The van der Waals surface area contributed by atoms with E-state index in [1.807, 2.05) is 0 Å². The maximum Gasteiger partial charge on any atom is 0.338 e. The van der Waals surface area contributed by atoms with E-state index < -0.39 is 29.5 Å². The summed E-state index contributed by atoms with van der Waals surface area (Å²) < 4.78 is 15.9. The number of carbonyl (C=O) groups is 3. The first kappa shape index (κ1) is 25.4. The predicted molar refractivity (Wildman–Crippen MR) is 136 cm³/mol. The van der Waals surface area contributed by atoms with Crippen LogP contribution in [0.2, 0.25) is 0 Å². The van der Waals surface area contributed by atoms with E-state index in [-0.39, 0.29) is 28.5 Å². The Morgan fingerprint density at radius 1 is 0.946 bits per heavy atom. The average molecular weight is 503 g/mol. The molecule has 0 bridgehead atoms. The Hall–Kier alpha value is -4.66. The number of nitrogens with zero attached hydrogens (tertiary/aromatic N) is 2. The molecule has 1 aromatic heterocycles. The van der Waals surface area contributed by atoms with Crippen molar-refractivity contribution in [2.75, 3.05) is 19.1 Å². The van der Waals surface area contributed by atoms with Gasteiger partial charge in [0.05, 0.1) is 37.2 Å². The molecule has 1 aliphatic rings. The molecule has 37 heavy (non-hydrogen) atoms. The van der Waals surface area contributed by atoms with Gasteiger partial charge in [-0.2, -0.15) is 0 Å². The smallest absolute Gasteiger partial charge is 0.338 e. The Bertz CT molecular complexity index is 1380. The van der Waals surface area contributed by atoms with Crippen molar-refractivity contribution >= 4 is 29.1 Å². The molecular weight excluding hydrogens is 476 g/mol. The van der Waals surface area contributed by atoms with Crippen LogP contribution < -0.4 is 14.4 Å². The molecule has 1 saturated heterocycles. The van der Waals surface area contributed by atoms with E-state index in [9.17, 15) is 19.5 Å². The molecule has 190 valence electrons. The fourth-order valence-electron chi connectivity index (χ4n) is 4.12. The monoisotopic (exact) mass is 502 g/mol. The van der Waals surface area contributed by atoms with Gasteiger partial charge in [-0.15, -0.1) is 0 Å². The first-order chi connectivity index (χ1) is 17.8. The van der Waals surface area contributed by atoms with E-state index in [0.29, 0.717) is 17.2 Å². The number of pyridine rings is 1. The highest BCUT2D eigenvalue weighted by molar-refractivity contribution is 6.51. The number of Topliss-reactive ketones (excluding diaryl/α,β-unsaturated/α-hetero) is 1. The SMILES string of the molecule is COc1ccc(/C(O)=C2\C(=O)C(=O)N(c3cccc(C(=O)OC(C)C)c3)C2c2ccccn2)cc1OC. The number of hydrogen-bond acceptors (Lipinski definition) is 8. The highest BCUT2D eigenvalue weighted by atomic mass is 16.5. The molecule has 2 heterocycles. The van der Waals surface area contributed by atoms with Crippen molar-refractivity contribution in [2.24, 2.45) is 0 Å². The number of aromatic nitrogens is 1. The maximum atomic E-state index is 13.4. The number of hydrogen-bond donors (Lipinski definition) is 1. The van der Waals surface area contributed by atoms with E-state index in [2.05, 4.69) is 4.98 Å². The number of amides is 1. The molecule has 2 aromatic carbocycles. The molecule has 3 aromatic rings. The van der Waals surface area contributed by atoms with E-state index in [1.54, 1.807) is 62.4 Å². The van der Waals surface area contributed by atoms with Crippen molar-refractivity contribution < 1.29 is 33.7 Å². The van der Waals surface area contributed by atoms with Crippen molar-refractivity contribution in [3.05, 3.63) is 89.3 Å². The summed E-state index contributed by atoms with van der Waals surface area (Å²) in [5, 5.41) is 11.3. The zero-order valence-electron chi connectivity index (χ0n) is 20.8. The van der Waals surface area contributed by atoms with Crippen LogP contribution in [0.25, 0.3) is 5.76 Å². The summed E-state index contributed by atoms with van der Waals surface area (Å²) in [5.74, 6) is -1.94. The van der Waals surface area contributed by atoms with E-state index in [1.165, 1.54) is 37.4 Å². The van der Waals surface area contributed by atoms with Gasteiger partial charge >= 0.3 is 5.97 Å². The minimum atomic E-state index is -1.05. The van der Waals surface area contributed by atoms with Crippen LogP contribution in [0.1, 0.15) is 41.5 Å². The number of ketones is 1. The van der Waals surface area contributed by atoms with Crippen LogP contribution in [0.4, 0.5) is 5.69 Å². The summed E-state index contributed by atoms with van der Waals surface area (Å²) in [4.78, 5) is 44.8. The molecule has 9 heteroatoms. The number of carbonyl (C=O) groups excluding carboxylic acids is 3. The van der Waals surface area contributed by atoms with Crippen LogP contribution in [-0.2, 0) is 14.3 Å². The lowest BCUT2D eigenvalue weighted by molar-refractivity contribution is -0.132. The summed E-state index contributed by atoms with van der Waals surface area (Å²) in [6, 6.07) is 14.9. The zero-order valence-corrected chi connectivity index (χ0v) is 20.8. The van der Waals surface area contributed by atoms with Gasteiger partial charge in [-0.1, -0.05) is 12.1 Å². The summed E-state index contributed by atoms with van der Waals surface area (Å²) in [5.41, 5.74) is 0.964. The average Bonchev–Trinajstić information content (AvgIpc) is 3.18. The highest BCUT2D eigenvalue weighted by Gasteiger charge is 2.47. The summed E-state index contributed by atoms with van der Waals surface area (Å²) in [6.45, 7) is 3.46. The van der Waals surface area contributed by atoms with Crippen LogP contribution in [0.15, 0.2) is 72.4 Å². The molecule has 4 rings (SSSR count). The van der Waals surface area contributed by atoms with Gasteiger partial charge in [-0.3, -0.25) is 19.5 Å². The minimum Gasteiger partial charge on any atom is -0.507 e. The van der Waals surface area contributed by atoms with Crippen LogP contribution in [-0.4, -0.2) is 48.1 Å². The summed E-state index contributed by atoms with van der Waals surface area (Å²) in [6.07, 6.45) is 1.20. The molecule has 0 aliphatic carbocycles.